The van der Waals surface area contributed by atoms with Crippen LogP contribution in [0.3, 0.4) is 0 Å². The Morgan fingerprint density at radius 3 is 2.42 bits per heavy atom. The minimum Gasteiger partial charge on any atom is -0.326 e. The zero-order valence-corrected chi connectivity index (χ0v) is 16.5. The normalized spacial score (nSPS) is 11.6. The molecule has 1 N–H and O–H groups in total. The summed E-state index contributed by atoms with van der Waals surface area (Å²) < 4.78 is 38.6. The summed E-state index contributed by atoms with van der Waals surface area (Å²) in [5.74, 6) is 0.0261. The highest BCUT2D eigenvalue weighted by Gasteiger charge is 2.20. The molecule has 0 aliphatic rings. The highest BCUT2D eigenvalue weighted by Crippen LogP contribution is 2.23. The summed E-state index contributed by atoms with van der Waals surface area (Å²) in [7, 11) is -0.645. The van der Waals surface area contributed by atoms with Crippen molar-refractivity contribution in [2.45, 2.75) is 23.1 Å². The quantitative estimate of drug-likeness (QED) is 0.728. The molecule has 2 rings (SSSR count). The molecule has 0 saturated carbocycles. The molecule has 5 nitrogen and oxygen atoms in total. The summed E-state index contributed by atoms with van der Waals surface area (Å²) in [6.45, 7) is 1.71. The zero-order chi connectivity index (χ0) is 19.3. The van der Waals surface area contributed by atoms with Gasteiger partial charge in [0.15, 0.2) is 0 Å². The van der Waals surface area contributed by atoms with Gasteiger partial charge >= 0.3 is 0 Å². The topological polar surface area (TPSA) is 66.5 Å². The number of rotatable bonds is 7. The average Bonchev–Trinajstić information content (AvgIpc) is 2.58. The van der Waals surface area contributed by atoms with Crippen molar-refractivity contribution in [1.82, 2.24) is 4.31 Å². The Labute approximate surface area is 157 Å². The fourth-order valence-corrected chi connectivity index (χ4v) is 4.16. The van der Waals surface area contributed by atoms with E-state index in [-0.39, 0.29) is 23.0 Å². The van der Waals surface area contributed by atoms with Crippen molar-refractivity contribution in [3.8, 4) is 0 Å². The number of thioether (sulfide) groups is 1. The number of carbonyl (C=O) groups excluding carboxylic acids is 1. The highest BCUT2D eigenvalue weighted by atomic mass is 32.2. The summed E-state index contributed by atoms with van der Waals surface area (Å²) in [6.07, 6.45) is 0.256. The van der Waals surface area contributed by atoms with Crippen LogP contribution in [0.25, 0.3) is 0 Å². The lowest BCUT2D eigenvalue weighted by Gasteiger charge is -2.15. The van der Waals surface area contributed by atoms with Gasteiger partial charge in [-0.1, -0.05) is 6.07 Å². The first-order valence-corrected chi connectivity index (χ1v) is 10.3. The van der Waals surface area contributed by atoms with Crippen LogP contribution in [0.4, 0.5) is 10.1 Å². The number of halogens is 1. The molecule has 0 aromatic heterocycles. The average molecular weight is 397 g/mol. The van der Waals surface area contributed by atoms with Crippen molar-refractivity contribution in [3.05, 3.63) is 53.8 Å². The largest absolute Gasteiger partial charge is 0.326 e. The lowest BCUT2D eigenvalue weighted by Crippen LogP contribution is -2.23. The fourth-order valence-electron chi connectivity index (χ4n) is 2.17. The smallest absolute Gasteiger partial charge is 0.242 e. The van der Waals surface area contributed by atoms with E-state index in [0.717, 1.165) is 9.20 Å². The minimum atomic E-state index is -3.58. The Balaban J connectivity index is 1.97. The minimum absolute atomic E-state index is 0.168. The lowest BCUT2D eigenvalue weighted by molar-refractivity contribution is -0.115. The Kier molecular flexibility index (Phi) is 6.80. The van der Waals surface area contributed by atoms with Crippen LogP contribution in [0.1, 0.15) is 12.0 Å². The van der Waals surface area contributed by atoms with Gasteiger partial charge in [-0.05, 0) is 48.9 Å². The zero-order valence-electron chi connectivity index (χ0n) is 14.8. The molecule has 0 fully saturated rings. The van der Waals surface area contributed by atoms with Crippen LogP contribution in [0.2, 0.25) is 0 Å². The molecule has 0 saturated heterocycles. The van der Waals surface area contributed by atoms with Crippen molar-refractivity contribution < 1.29 is 17.6 Å². The van der Waals surface area contributed by atoms with Gasteiger partial charge in [0.1, 0.15) is 5.82 Å². The van der Waals surface area contributed by atoms with Crippen LogP contribution in [0, 0.1) is 12.7 Å². The first-order chi connectivity index (χ1) is 12.2. The van der Waals surface area contributed by atoms with E-state index in [1.807, 2.05) is 0 Å². The standard InChI is InChI=1S/C18H21FN2O3S2/c1-13-4-7-15(12-17(13)26(23,24)21(2)3)20-18(22)10-11-25-16-8-5-14(19)6-9-16/h4-9,12H,10-11H2,1-3H3,(H,20,22). The Hall–Kier alpha value is -1.90. The third-order valence-corrected chi connectivity index (χ3v) is 6.61. The van der Waals surface area contributed by atoms with E-state index in [1.165, 1.54) is 44.1 Å². The first kappa shape index (κ1) is 20.4. The summed E-state index contributed by atoms with van der Waals surface area (Å²) in [5.41, 5.74) is 1.05. The molecular formula is C18H21FN2O3S2. The second-order valence-electron chi connectivity index (χ2n) is 5.87. The van der Waals surface area contributed by atoms with Crippen LogP contribution in [0.15, 0.2) is 52.3 Å². The number of hydrogen-bond acceptors (Lipinski definition) is 4. The summed E-state index contributed by atoms with van der Waals surface area (Å²) in [6, 6.07) is 10.9. The van der Waals surface area contributed by atoms with Crippen molar-refractivity contribution in [1.29, 1.82) is 0 Å². The molecule has 1 amide bonds. The number of amides is 1. The monoisotopic (exact) mass is 396 g/mol. The number of anilines is 1. The van der Waals surface area contributed by atoms with Gasteiger partial charge in [0.2, 0.25) is 15.9 Å². The molecule has 0 aliphatic carbocycles. The van der Waals surface area contributed by atoms with Crippen molar-refractivity contribution in [2.75, 3.05) is 25.2 Å². The maximum Gasteiger partial charge on any atom is 0.242 e. The Bertz CT molecular complexity index is 882. The maximum absolute atomic E-state index is 12.9. The molecule has 2 aromatic rings. The van der Waals surface area contributed by atoms with Gasteiger partial charge in [0.05, 0.1) is 4.90 Å². The van der Waals surface area contributed by atoms with Crippen molar-refractivity contribution in [2.24, 2.45) is 0 Å². The Morgan fingerprint density at radius 1 is 1.15 bits per heavy atom. The van der Waals surface area contributed by atoms with Gasteiger partial charge in [0, 0.05) is 36.9 Å². The van der Waals surface area contributed by atoms with Crippen LogP contribution in [-0.4, -0.2) is 38.5 Å². The van der Waals surface area contributed by atoms with Gasteiger partial charge in [-0.25, -0.2) is 17.1 Å². The molecule has 0 atom stereocenters. The first-order valence-electron chi connectivity index (χ1n) is 7.91. The summed E-state index contributed by atoms with van der Waals surface area (Å²) in [4.78, 5) is 13.1. The highest BCUT2D eigenvalue weighted by molar-refractivity contribution is 7.99. The number of hydrogen-bond donors (Lipinski definition) is 1. The third-order valence-electron chi connectivity index (χ3n) is 3.64. The van der Waals surface area contributed by atoms with Crippen LogP contribution in [-0.2, 0) is 14.8 Å². The molecule has 0 bridgehead atoms. The maximum atomic E-state index is 12.9. The van der Waals surface area contributed by atoms with E-state index in [9.17, 15) is 17.6 Å². The molecule has 0 unspecified atom stereocenters. The predicted octanol–water partition coefficient (Wildman–Crippen LogP) is 3.51. The summed E-state index contributed by atoms with van der Waals surface area (Å²) >= 11 is 1.45. The molecule has 0 radical (unpaired) electrons. The van der Waals surface area contributed by atoms with Gasteiger partial charge in [-0.15, -0.1) is 11.8 Å². The van der Waals surface area contributed by atoms with Gasteiger partial charge < -0.3 is 5.32 Å². The second kappa shape index (κ2) is 8.66. The fraction of sp³-hybridized carbons (Fsp3) is 0.278. The Morgan fingerprint density at radius 2 is 1.81 bits per heavy atom. The predicted molar refractivity (Wildman–Crippen MR) is 102 cm³/mol. The van der Waals surface area contributed by atoms with E-state index in [0.29, 0.717) is 17.0 Å². The summed E-state index contributed by atoms with van der Waals surface area (Å²) in [5, 5.41) is 2.72. The molecular weight excluding hydrogens is 375 g/mol. The van der Waals surface area contributed by atoms with Crippen molar-refractivity contribution >= 4 is 33.4 Å². The molecule has 140 valence electrons. The second-order valence-corrected chi connectivity index (χ2v) is 9.16. The molecule has 2 aromatic carbocycles. The van der Waals surface area contributed by atoms with E-state index in [1.54, 1.807) is 31.2 Å². The van der Waals surface area contributed by atoms with Gasteiger partial charge in [0.25, 0.3) is 0 Å². The van der Waals surface area contributed by atoms with E-state index in [4.69, 9.17) is 0 Å². The molecule has 26 heavy (non-hydrogen) atoms. The number of carbonyl (C=O) groups is 1. The number of sulfonamides is 1. The lowest BCUT2D eigenvalue weighted by atomic mass is 10.2. The third kappa shape index (κ3) is 5.30. The van der Waals surface area contributed by atoms with Crippen LogP contribution < -0.4 is 5.32 Å². The molecule has 0 spiro atoms. The van der Waals surface area contributed by atoms with Crippen molar-refractivity contribution in [3.63, 3.8) is 0 Å². The SMILES string of the molecule is Cc1ccc(NC(=O)CCSc2ccc(F)cc2)cc1S(=O)(=O)N(C)C. The molecule has 0 aliphatic heterocycles. The number of benzene rings is 2. The number of nitrogens with one attached hydrogen (secondary N) is 1. The van der Waals surface area contributed by atoms with E-state index >= 15 is 0 Å². The molecule has 0 heterocycles. The number of nitrogens with zero attached hydrogens (tertiary/aromatic N) is 1. The van der Waals surface area contributed by atoms with E-state index in [2.05, 4.69) is 5.32 Å². The van der Waals surface area contributed by atoms with Gasteiger partial charge in [-0.2, -0.15) is 0 Å². The van der Waals surface area contributed by atoms with E-state index < -0.39 is 10.0 Å². The number of aryl methyl sites for hydroxylation is 1. The van der Waals surface area contributed by atoms with Crippen LogP contribution in [0.5, 0.6) is 0 Å². The van der Waals surface area contributed by atoms with Gasteiger partial charge in [-0.3, -0.25) is 4.79 Å². The molecule has 8 heteroatoms. The van der Waals surface area contributed by atoms with Crippen LogP contribution >= 0.6 is 11.8 Å².